The van der Waals surface area contributed by atoms with E-state index in [2.05, 4.69) is 5.32 Å². The molecule has 1 aliphatic carbocycles. The summed E-state index contributed by atoms with van der Waals surface area (Å²) in [6, 6.07) is 0. The molecule has 1 saturated carbocycles. The van der Waals surface area contributed by atoms with Crippen LogP contribution in [0.5, 0.6) is 0 Å². The Kier molecular flexibility index (Phi) is 5.25. The van der Waals surface area contributed by atoms with E-state index in [1.807, 2.05) is 7.05 Å². The van der Waals surface area contributed by atoms with Crippen molar-refractivity contribution in [1.82, 2.24) is 5.32 Å². The smallest absolute Gasteiger partial charge is 0.152 e. The highest BCUT2D eigenvalue weighted by Crippen LogP contribution is 2.34. The molecule has 1 rings (SSSR count). The SMILES string of the molecule is CNCC1CCCC1CCS(=O)(=O)C(C)C. The van der Waals surface area contributed by atoms with Crippen LogP contribution in [0.25, 0.3) is 0 Å². The van der Waals surface area contributed by atoms with Gasteiger partial charge in [-0.05, 0) is 52.1 Å². The maximum absolute atomic E-state index is 11.7. The lowest BCUT2D eigenvalue weighted by molar-refractivity contribution is 0.367. The molecule has 0 saturated heterocycles. The summed E-state index contributed by atoms with van der Waals surface area (Å²) in [6.07, 6.45) is 4.58. The summed E-state index contributed by atoms with van der Waals surface area (Å²) >= 11 is 0. The monoisotopic (exact) mass is 247 g/mol. The van der Waals surface area contributed by atoms with Crippen LogP contribution < -0.4 is 5.32 Å². The molecule has 1 N–H and O–H groups in total. The van der Waals surface area contributed by atoms with Crippen LogP contribution in [-0.2, 0) is 9.84 Å². The zero-order valence-electron chi connectivity index (χ0n) is 10.7. The maximum Gasteiger partial charge on any atom is 0.152 e. The average molecular weight is 247 g/mol. The third-order valence-corrected chi connectivity index (χ3v) is 6.02. The molecular weight excluding hydrogens is 222 g/mol. The van der Waals surface area contributed by atoms with E-state index in [9.17, 15) is 8.42 Å². The molecule has 2 atom stereocenters. The quantitative estimate of drug-likeness (QED) is 0.779. The van der Waals surface area contributed by atoms with Crippen LogP contribution in [0.15, 0.2) is 0 Å². The van der Waals surface area contributed by atoms with Crippen molar-refractivity contribution in [3.63, 3.8) is 0 Å². The van der Waals surface area contributed by atoms with E-state index in [1.165, 1.54) is 19.3 Å². The second-order valence-corrected chi connectivity index (χ2v) is 7.89. The Morgan fingerprint density at radius 1 is 1.25 bits per heavy atom. The van der Waals surface area contributed by atoms with Crippen LogP contribution in [0.1, 0.15) is 39.5 Å². The van der Waals surface area contributed by atoms with E-state index in [1.54, 1.807) is 13.8 Å². The minimum absolute atomic E-state index is 0.225. The molecule has 16 heavy (non-hydrogen) atoms. The molecule has 0 spiro atoms. The molecule has 1 fully saturated rings. The van der Waals surface area contributed by atoms with Crippen molar-refractivity contribution in [3.05, 3.63) is 0 Å². The first-order valence-corrected chi connectivity index (χ1v) is 8.05. The summed E-state index contributed by atoms with van der Waals surface area (Å²) in [5.41, 5.74) is 0. The highest BCUT2D eigenvalue weighted by Gasteiger charge is 2.28. The fourth-order valence-corrected chi connectivity index (χ4v) is 3.68. The Morgan fingerprint density at radius 2 is 1.88 bits per heavy atom. The summed E-state index contributed by atoms with van der Waals surface area (Å²) < 4.78 is 23.5. The lowest BCUT2D eigenvalue weighted by Crippen LogP contribution is -2.25. The molecule has 0 amide bonds. The molecule has 3 nitrogen and oxygen atoms in total. The molecule has 0 aromatic rings. The van der Waals surface area contributed by atoms with Gasteiger partial charge in [0.25, 0.3) is 0 Å². The van der Waals surface area contributed by atoms with Crippen molar-refractivity contribution >= 4 is 9.84 Å². The van der Waals surface area contributed by atoms with Crippen LogP contribution in [0.3, 0.4) is 0 Å². The van der Waals surface area contributed by atoms with Gasteiger partial charge in [0.15, 0.2) is 9.84 Å². The highest BCUT2D eigenvalue weighted by molar-refractivity contribution is 7.91. The van der Waals surface area contributed by atoms with Crippen molar-refractivity contribution in [1.29, 1.82) is 0 Å². The van der Waals surface area contributed by atoms with Gasteiger partial charge in [0, 0.05) is 0 Å². The van der Waals surface area contributed by atoms with Gasteiger partial charge in [-0.3, -0.25) is 0 Å². The first-order valence-electron chi connectivity index (χ1n) is 6.33. The van der Waals surface area contributed by atoms with E-state index in [0.29, 0.717) is 17.6 Å². The standard InChI is InChI=1S/C12H25NO2S/c1-10(2)16(14,15)8-7-11-5-4-6-12(11)9-13-3/h10-13H,4-9H2,1-3H3. The predicted molar refractivity (Wildman–Crippen MR) is 68.3 cm³/mol. The average Bonchev–Trinajstić information content (AvgIpc) is 2.63. The van der Waals surface area contributed by atoms with Gasteiger partial charge in [0.1, 0.15) is 0 Å². The molecule has 0 aliphatic heterocycles. The summed E-state index contributed by atoms with van der Waals surface area (Å²) in [7, 11) is -0.872. The van der Waals surface area contributed by atoms with Gasteiger partial charge in [-0.2, -0.15) is 0 Å². The number of sulfone groups is 1. The Morgan fingerprint density at radius 3 is 2.44 bits per heavy atom. The number of hydrogen-bond acceptors (Lipinski definition) is 3. The molecule has 4 heteroatoms. The summed E-state index contributed by atoms with van der Waals surface area (Å²) in [4.78, 5) is 0. The Hall–Kier alpha value is -0.0900. The lowest BCUT2D eigenvalue weighted by Gasteiger charge is -2.19. The number of rotatable bonds is 6. The van der Waals surface area contributed by atoms with Gasteiger partial charge < -0.3 is 5.32 Å². The van der Waals surface area contributed by atoms with Crippen molar-refractivity contribution in [2.45, 2.75) is 44.8 Å². The molecule has 1 aliphatic rings. The Bertz CT molecular complexity index is 298. The third-order valence-electron chi connectivity index (χ3n) is 3.77. The molecule has 96 valence electrons. The highest BCUT2D eigenvalue weighted by atomic mass is 32.2. The number of hydrogen-bond donors (Lipinski definition) is 1. The van der Waals surface area contributed by atoms with E-state index in [0.717, 1.165) is 13.0 Å². The van der Waals surface area contributed by atoms with Crippen LogP contribution >= 0.6 is 0 Å². The van der Waals surface area contributed by atoms with Crippen LogP contribution in [-0.4, -0.2) is 33.0 Å². The second kappa shape index (κ2) is 6.01. The first-order chi connectivity index (χ1) is 7.47. The van der Waals surface area contributed by atoms with E-state index in [4.69, 9.17) is 0 Å². The largest absolute Gasteiger partial charge is 0.319 e. The van der Waals surface area contributed by atoms with E-state index >= 15 is 0 Å². The zero-order chi connectivity index (χ0) is 12.2. The van der Waals surface area contributed by atoms with Gasteiger partial charge in [-0.15, -0.1) is 0 Å². The third kappa shape index (κ3) is 3.74. The predicted octanol–water partition coefficient (Wildman–Crippen LogP) is 1.84. The molecule has 2 unspecified atom stereocenters. The van der Waals surface area contributed by atoms with Crippen LogP contribution in [0.2, 0.25) is 0 Å². The summed E-state index contributed by atoms with van der Waals surface area (Å²) in [6.45, 7) is 4.58. The van der Waals surface area contributed by atoms with Crippen molar-refractivity contribution in [3.8, 4) is 0 Å². The summed E-state index contributed by atoms with van der Waals surface area (Å²) in [5.74, 6) is 1.67. The first kappa shape index (κ1) is 14.0. The molecular formula is C12H25NO2S. The van der Waals surface area contributed by atoms with Crippen molar-refractivity contribution in [2.24, 2.45) is 11.8 Å². The molecule has 0 heterocycles. The molecule has 0 aromatic carbocycles. The fraction of sp³-hybridized carbons (Fsp3) is 1.00. The number of nitrogens with one attached hydrogen (secondary N) is 1. The van der Waals surface area contributed by atoms with Gasteiger partial charge in [-0.25, -0.2) is 8.42 Å². The normalized spacial score (nSPS) is 26.5. The van der Waals surface area contributed by atoms with Crippen LogP contribution in [0, 0.1) is 11.8 Å². The summed E-state index contributed by atoms with van der Waals surface area (Å²) in [5, 5.41) is 2.98. The van der Waals surface area contributed by atoms with E-state index < -0.39 is 9.84 Å². The minimum Gasteiger partial charge on any atom is -0.319 e. The van der Waals surface area contributed by atoms with Crippen molar-refractivity contribution in [2.75, 3.05) is 19.3 Å². The van der Waals surface area contributed by atoms with Gasteiger partial charge >= 0.3 is 0 Å². The lowest BCUT2D eigenvalue weighted by atomic mass is 9.94. The van der Waals surface area contributed by atoms with Gasteiger partial charge in [0.2, 0.25) is 0 Å². The van der Waals surface area contributed by atoms with Crippen LogP contribution in [0.4, 0.5) is 0 Å². The Labute approximate surface area is 99.9 Å². The molecule has 0 bridgehead atoms. The van der Waals surface area contributed by atoms with Crippen molar-refractivity contribution < 1.29 is 8.42 Å². The minimum atomic E-state index is -2.84. The van der Waals surface area contributed by atoms with Gasteiger partial charge in [0.05, 0.1) is 11.0 Å². The van der Waals surface area contributed by atoms with Gasteiger partial charge in [-0.1, -0.05) is 12.8 Å². The molecule has 0 radical (unpaired) electrons. The van der Waals surface area contributed by atoms with E-state index in [-0.39, 0.29) is 5.25 Å². The topological polar surface area (TPSA) is 46.2 Å². The zero-order valence-corrected chi connectivity index (χ0v) is 11.5. The fourth-order valence-electron chi connectivity index (χ4n) is 2.58. The maximum atomic E-state index is 11.7. The molecule has 0 aromatic heterocycles. The Balaban J connectivity index is 2.43. The second-order valence-electron chi connectivity index (χ2n) is 5.21.